The molecular formula is C15H22BrNO3. The summed E-state index contributed by atoms with van der Waals surface area (Å²) in [6.07, 6.45) is 1.33. The molecule has 5 heteroatoms. The molecule has 0 aliphatic rings. The van der Waals surface area contributed by atoms with Crippen LogP contribution in [-0.4, -0.2) is 31.0 Å². The molecule has 4 nitrogen and oxygen atoms in total. The molecule has 0 aromatic heterocycles. The van der Waals surface area contributed by atoms with E-state index < -0.39 is 0 Å². The topological polar surface area (TPSA) is 50.7 Å². The number of nitrogens with one attached hydrogen (secondary N) is 1. The third-order valence-electron chi connectivity index (χ3n) is 2.48. The van der Waals surface area contributed by atoms with Crippen LogP contribution in [0.3, 0.4) is 0 Å². The van der Waals surface area contributed by atoms with E-state index in [1.165, 1.54) is 0 Å². The third-order valence-corrected chi connectivity index (χ3v) is 3.07. The van der Waals surface area contributed by atoms with E-state index in [2.05, 4.69) is 27.8 Å². The van der Waals surface area contributed by atoms with Crippen molar-refractivity contribution in [2.45, 2.75) is 26.5 Å². The highest BCUT2D eigenvalue weighted by Gasteiger charge is 2.12. The monoisotopic (exact) mass is 343 g/mol. The summed E-state index contributed by atoms with van der Waals surface area (Å²) < 4.78 is 12.1. The third kappa shape index (κ3) is 5.53. The van der Waals surface area contributed by atoms with Gasteiger partial charge in [0.1, 0.15) is 6.61 Å². The molecule has 0 saturated carbocycles. The molecule has 0 saturated heterocycles. The molecule has 1 rings (SSSR count). The van der Waals surface area contributed by atoms with E-state index in [0.29, 0.717) is 37.8 Å². The summed E-state index contributed by atoms with van der Waals surface area (Å²) in [4.78, 5) is 0. The molecule has 1 aromatic carbocycles. The predicted octanol–water partition coefficient (Wildman–Crippen LogP) is 2.88. The van der Waals surface area contributed by atoms with Crippen LogP contribution in [0.25, 0.3) is 0 Å². The van der Waals surface area contributed by atoms with Crippen LogP contribution in [-0.2, 0) is 6.54 Å². The van der Waals surface area contributed by atoms with E-state index in [1.54, 1.807) is 13.0 Å². The molecule has 0 aliphatic heterocycles. The van der Waals surface area contributed by atoms with Crippen molar-refractivity contribution in [3.05, 3.63) is 34.8 Å². The Balaban J connectivity index is 2.85. The van der Waals surface area contributed by atoms with E-state index in [4.69, 9.17) is 9.47 Å². The van der Waals surface area contributed by atoms with Crippen molar-refractivity contribution in [2.75, 3.05) is 19.8 Å². The van der Waals surface area contributed by atoms with Crippen molar-refractivity contribution in [2.24, 2.45) is 0 Å². The minimum Gasteiger partial charge on any atom is -0.490 e. The van der Waals surface area contributed by atoms with Gasteiger partial charge in [-0.25, -0.2) is 0 Å². The van der Waals surface area contributed by atoms with E-state index in [1.807, 2.05) is 19.1 Å². The van der Waals surface area contributed by atoms with Crippen LogP contribution >= 0.6 is 15.9 Å². The molecule has 0 spiro atoms. The number of hydrogen-bond donors (Lipinski definition) is 2. The summed E-state index contributed by atoms with van der Waals surface area (Å²) in [5.41, 5.74) is 1.06. The molecule has 1 atom stereocenters. The molecule has 2 N–H and O–H groups in total. The number of ether oxygens (including phenoxy) is 2. The van der Waals surface area contributed by atoms with Gasteiger partial charge < -0.3 is 19.9 Å². The Morgan fingerprint density at radius 2 is 2.20 bits per heavy atom. The molecule has 0 amide bonds. The van der Waals surface area contributed by atoms with Crippen molar-refractivity contribution in [1.29, 1.82) is 0 Å². The van der Waals surface area contributed by atoms with Crippen LogP contribution in [0.15, 0.2) is 29.3 Å². The van der Waals surface area contributed by atoms with Crippen molar-refractivity contribution in [1.82, 2.24) is 5.32 Å². The Labute approximate surface area is 128 Å². The highest BCUT2D eigenvalue weighted by molar-refractivity contribution is 9.10. The minimum absolute atomic E-state index is 0.361. The lowest BCUT2D eigenvalue weighted by atomic mass is 10.2. The van der Waals surface area contributed by atoms with E-state index in [0.717, 1.165) is 10.0 Å². The zero-order chi connectivity index (χ0) is 15.0. The number of aliphatic hydroxyl groups excluding tert-OH is 1. The standard InChI is InChI=1S/C15H22BrNO3/c1-4-6-20-15-13(16)7-12(8-14(15)19-5-2)10-17-9-11(3)18/h4,7-8,11,17-18H,1,5-6,9-10H2,2-3H3/t11-/m1/s1. The Morgan fingerprint density at radius 3 is 2.80 bits per heavy atom. The van der Waals surface area contributed by atoms with Crippen LogP contribution in [0.2, 0.25) is 0 Å². The summed E-state index contributed by atoms with van der Waals surface area (Å²) in [6, 6.07) is 3.93. The van der Waals surface area contributed by atoms with Gasteiger partial charge in [0.05, 0.1) is 17.2 Å². The lowest BCUT2D eigenvalue weighted by molar-refractivity contribution is 0.191. The van der Waals surface area contributed by atoms with Crippen LogP contribution < -0.4 is 14.8 Å². The minimum atomic E-state index is -0.361. The Morgan fingerprint density at radius 1 is 1.45 bits per heavy atom. The van der Waals surface area contributed by atoms with Gasteiger partial charge in [-0.2, -0.15) is 0 Å². The van der Waals surface area contributed by atoms with Crippen molar-refractivity contribution in [3.63, 3.8) is 0 Å². The van der Waals surface area contributed by atoms with Crippen LogP contribution in [0.5, 0.6) is 11.5 Å². The maximum Gasteiger partial charge on any atom is 0.175 e. The molecule has 0 bridgehead atoms. The van der Waals surface area contributed by atoms with Gasteiger partial charge in [0, 0.05) is 13.1 Å². The van der Waals surface area contributed by atoms with Crippen molar-refractivity contribution < 1.29 is 14.6 Å². The van der Waals surface area contributed by atoms with Gasteiger partial charge in [0.15, 0.2) is 11.5 Å². The quantitative estimate of drug-likeness (QED) is 0.677. The summed E-state index contributed by atoms with van der Waals surface area (Å²) in [5.74, 6) is 1.39. The van der Waals surface area contributed by atoms with E-state index >= 15 is 0 Å². The molecule has 0 fully saturated rings. The van der Waals surface area contributed by atoms with E-state index in [9.17, 15) is 5.11 Å². The number of aliphatic hydroxyl groups is 1. The lowest BCUT2D eigenvalue weighted by Gasteiger charge is -2.15. The number of hydrogen-bond acceptors (Lipinski definition) is 4. The van der Waals surface area contributed by atoms with Gasteiger partial charge in [0.2, 0.25) is 0 Å². The summed E-state index contributed by atoms with van der Waals surface area (Å²) in [6.45, 7) is 9.54. The van der Waals surface area contributed by atoms with Crippen molar-refractivity contribution in [3.8, 4) is 11.5 Å². The van der Waals surface area contributed by atoms with Crippen LogP contribution in [0, 0.1) is 0 Å². The summed E-state index contributed by atoms with van der Waals surface area (Å²) in [7, 11) is 0. The molecule has 20 heavy (non-hydrogen) atoms. The second-order valence-corrected chi connectivity index (χ2v) is 5.27. The van der Waals surface area contributed by atoms with Gasteiger partial charge in [-0.05, 0) is 47.5 Å². The zero-order valence-corrected chi connectivity index (χ0v) is 13.6. The first kappa shape index (κ1) is 17.0. The first-order valence-electron chi connectivity index (χ1n) is 6.66. The number of benzene rings is 1. The average molecular weight is 344 g/mol. The fraction of sp³-hybridized carbons (Fsp3) is 0.467. The van der Waals surface area contributed by atoms with Gasteiger partial charge in [-0.1, -0.05) is 12.7 Å². The second-order valence-electron chi connectivity index (χ2n) is 4.42. The Bertz CT molecular complexity index is 435. The SMILES string of the molecule is C=CCOc1c(Br)cc(CNC[C@@H](C)O)cc1OCC. The first-order valence-corrected chi connectivity index (χ1v) is 7.45. The fourth-order valence-corrected chi connectivity index (χ4v) is 2.30. The maximum absolute atomic E-state index is 9.24. The first-order chi connectivity index (χ1) is 9.58. The highest BCUT2D eigenvalue weighted by atomic mass is 79.9. The molecule has 0 unspecified atom stereocenters. The fourth-order valence-electron chi connectivity index (χ4n) is 1.69. The highest BCUT2D eigenvalue weighted by Crippen LogP contribution is 2.37. The Hall–Kier alpha value is -1.04. The van der Waals surface area contributed by atoms with Crippen LogP contribution in [0.1, 0.15) is 19.4 Å². The molecule has 0 radical (unpaired) electrons. The van der Waals surface area contributed by atoms with Gasteiger partial charge in [-0.3, -0.25) is 0 Å². The largest absolute Gasteiger partial charge is 0.490 e. The predicted molar refractivity (Wildman–Crippen MR) is 84.4 cm³/mol. The smallest absolute Gasteiger partial charge is 0.175 e. The van der Waals surface area contributed by atoms with Gasteiger partial charge in [0.25, 0.3) is 0 Å². The summed E-state index contributed by atoms with van der Waals surface area (Å²) >= 11 is 3.50. The Kier molecular flexibility index (Phi) is 7.65. The molecule has 0 aliphatic carbocycles. The number of halogens is 1. The van der Waals surface area contributed by atoms with Gasteiger partial charge >= 0.3 is 0 Å². The number of rotatable bonds is 9. The molecular weight excluding hydrogens is 322 g/mol. The normalized spacial score (nSPS) is 12.0. The van der Waals surface area contributed by atoms with Gasteiger partial charge in [-0.15, -0.1) is 0 Å². The zero-order valence-electron chi connectivity index (χ0n) is 12.0. The maximum atomic E-state index is 9.24. The molecule has 112 valence electrons. The molecule has 0 heterocycles. The average Bonchev–Trinajstić information content (AvgIpc) is 2.38. The van der Waals surface area contributed by atoms with E-state index in [-0.39, 0.29) is 6.10 Å². The lowest BCUT2D eigenvalue weighted by Crippen LogP contribution is -2.23. The second kappa shape index (κ2) is 9.00. The van der Waals surface area contributed by atoms with Crippen LogP contribution in [0.4, 0.5) is 0 Å². The molecule has 1 aromatic rings. The summed E-state index contributed by atoms with van der Waals surface area (Å²) in [5, 5.41) is 12.4. The van der Waals surface area contributed by atoms with Crippen molar-refractivity contribution >= 4 is 15.9 Å².